The minimum atomic E-state index is -5.08. The summed E-state index contributed by atoms with van der Waals surface area (Å²) in [6.07, 6.45) is 1.07. The fraction of sp³-hybridized carbons (Fsp3) is 0.160. The van der Waals surface area contributed by atoms with E-state index in [1.54, 1.807) is 12.4 Å². The number of nitrogens with zero attached hydrogens (tertiary/aromatic N) is 3. The number of anilines is 1. The van der Waals surface area contributed by atoms with Crippen LogP contribution < -0.4 is 11.5 Å². The lowest BCUT2D eigenvalue weighted by Crippen LogP contribution is -2.34. The maximum Gasteiger partial charge on any atom is 0.490 e. The summed E-state index contributed by atoms with van der Waals surface area (Å²) in [5, 5.41) is 14.7. The van der Waals surface area contributed by atoms with Gasteiger partial charge in [-0.1, -0.05) is 36.4 Å². The number of aliphatic carboxylic acids is 1. The highest BCUT2D eigenvalue weighted by atomic mass is 19.4. The number of rotatable bonds is 4. The van der Waals surface area contributed by atoms with E-state index in [2.05, 4.69) is 16.0 Å². The Kier molecular flexibility index (Phi) is 8.23. The zero-order valence-electron chi connectivity index (χ0n) is 19.4. The normalized spacial score (nSPS) is 13.2. The van der Waals surface area contributed by atoms with Crippen molar-refractivity contribution in [3.05, 3.63) is 83.7 Å². The number of nitrogens with one attached hydrogen (secondary N) is 1. The molecule has 1 aromatic heterocycles. The molecule has 0 fully saturated rings. The Balaban J connectivity index is 0.000000479. The average Bonchev–Trinajstić information content (AvgIpc) is 2.89. The molecule has 0 spiro atoms. The van der Waals surface area contributed by atoms with Crippen molar-refractivity contribution < 1.29 is 27.9 Å². The summed E-state index contributed by atoms with van der Waals surface area (Å²) in [7, 11) is 0. The number of nitrogens with two attached hydrogens (primary N) is 2. The zero-order valence-corrected chi connectivity index (χ0v) is 19.4. The first-order chi connectivity index (χ1) is 17.5. The summed E-state index contributed by atoms with van der Waals surface area (Å²) in [5.41, 5.74) is 16.5. The zero-order chi connectivity index (χ0) is 27.2. The van der Waals surface area contributed by atoms with Gasteiger partial charge in [-0.2, -0.15) is 13.2 Å². The molecule has 1 amide bonds. The Morgan fingerprint density at radius 3 is 2.11 bits per heavy atom. The van der Waals surface area contributed by atoms with Gasteiger partial charge in [-0.15, -0.1) is 0 Å². The van der Waals surface area contributed by atoms with Gasteiger partial charge in [0.15, 0.2) is 0 Å². The van der Waals surface area contributed by atoms with Gasteiger partial charge >= 0.3 is 12.1 Å². The predicted molar refractivity (Wildman–Crippen MR) is 132 cm³/mol. The molecular formula is C25H23F3N6O3. The molecule has 1 aliphatic heterocycles. The van der Waals surface area contributed by atoms with Gasteiger partial charge in [-0.3, -0.25) is 10.2 Å². The van der Waals surface area contributed by atoms with Crippen LogP contribution in [0.3, 0.4) is 0 Å². The van der Waals surface area contributed by atoms with E-state index >= 15 is 0 Å². The van der Waals surface area contributed by atoms with Crippen LogP contribution in [0.25, 0.3) is 16.7 Å². The topological polar surface area (TPSA) is 159 Å². The van der Waals surface area contributed by atoms with E-state index in [1.807, 2.05) is 53.4 Å². The maximum absolute atomic E-state index is 12.9. The van der Waals surface area contributed by atoms with Gasteiger partial charge in [-0.25, -0.2) is 14.8 Å². The molecule has 2 aromatic carbocycles. The summed E-state index contributed by atoms with van der Waals surface area (Å²) in [5.74, 6) is -2.47. The first-order valence-corrected chi connectivity index (χ1v) is 10.9. The van der Waals surface area contributed by atoms with Gasteiger partial charge in [0.2, 0.25) is 5.95 Å². The highest BCUT2D eigenvalue weighted by molar-refractivity contribution is 5.96. The number of carboxylic acid groups (broad SMARTS) is 1. The van der Waals surface area contributed by atoms with Crippen LogP contribution in [0.1, 0.15) is 27.9 Å². The average molecular weight is 512 g/mol. The van der Waals surface area contributed by atoms with Crippen molar-refractivity contribution in [2.24, 2.45) is 5.73 Å². The predicted octanol–water partition coefficient (Wildman–Crippen LogP) is 3.57. The standard InChI is InChI=1S/C23H22N6O.C2HF3O2/c24-21(25)19-3-1-2-18(12-19)16-8-10-29(11-9-16)22(30)17-6-4-15(5-7-17)20-13-27-23(26)28-14-20;3-2(4,5)1(6)7/h1-8,12-14H,9-11H2,(H3,24,25)(H2,26,27,28);(H,6,7). The van der Waals surface area contributed by atoms with Gasteiger partial charge in [0.25, 0.3) is 5.91 Å². The number of carbonyl (C=O) groups excluding carboxylic acids is 1. The number of aromatic nitrogens is 2. The summed E-state index contributed by atoms with van der Waals surface area (Å²) in [4.78, 5) is 31.6. The number of carboxylic acids is 1. The minimum absolute atomic E-state index is 0.00268. The molecule has 0 saturated carbocycles. The van der Waals surface area contributed by atoms with Crippen molar-refractivity contribution in [1.29, 1.82) is 5.41 Å². The highest BCUT2D eigenvalue weighted by Crippen LogP contribution is 2.25. The Morgan fingerprint density at radius 2 is 1.59 bits per heavy atom. The summed E-state index contributed by atoms with van der Waals surface area (Å²) < 4.78 is 31.7. The number of hydrogen-bond donors (Lipinski definition) is 4. The summed E-state index contributed by atoms with van der Waals surface area (Å²) in [6, 6.07) is 15.1. The van der Waals surface area contributed by atoms with Gasteiger partial charge in [0.1, 0.15) is 5.84 Å². The maximum atomic E-state index is 12.9. The molecule has 6 N–H and O–H groups in total. The first-order valence-electron chi connectivity index (χ1n) is 10.9. The second kappa shape index (κ2) is 11.3. The number of amidine groups is 1. The van der Waals surface area contributed by atoms with Crippen LogP contribution >= 0.6 is 0 Å². The van der Waals surface area contributed by atoms with E-state index in [9.17, 15) is 18.0 Å². The Morgan fingerprint density at radius 1 is 0.973 bits per heavy atom. The lowest BCUT2D eigenvalue weighted by Gasteiger charge is -2.27. The quantitative estimate of drug-likeness (QED) is 0.307. The van der Waals surface area contributed by atoms with E-state index in [-0.39, 0.29) is 17.7 Å². The Hall–Kier alpha value is -4.74. The SMILES string of the molecule is N=C(N)c1cccc(C2=CCN(C(=O)c3ccc(-c4cnc(N)nc4)cc3)CC2)c1.O=C(O)C(F)(F)F. The lowest BCUT2D eigenvalue weighted by molar-refractivity contribution is -0.192. The van der Waals surface area contributed by atoms with Crippen LogP contribution in [0, 0.1) is 5.41 Å². The van der Waals surface area contributed by atoms with Crippen LogP contribution in [0.2, 0.25) is 0 Å². The molecule has 2 heterocycles. The number of benzene rings is 2. The van der Waals surface area contributed by atoms with Gasteiger partial charge < -0.3 is 21.5 Å². The molecule has 37 heavy (non-hydrogen) atoms. The highest BCUT2D eigenvalue weighted by Gasteiger charge is 2.38. The minimum Gasteiger partial charge on any atom is -0.475 e. The van der Waals surface area contributed by atoms with Crippen LogP contribution in [0.4, 0.5) is 19.1 Å². The Labute approximate surface area is 209 Å². The van der Waals surface area contributed by atoms with Crippen LogP contribution in [-0.4, -0.2) is 57.0 Å². The second-order valence-corrected chi connectivity index (χ2v) is 7.94. The molecule has 12 heteroatoms. The third-order valence-electron chi connectivity index (χ3n) is 5.42. The van der Waals surface area contributed by atoms with Crippen molar-refractivity contribution in [1.82, 2.24) is 14.9 Å². The molecule has 0 saturated heterocycles. The molecule has 0 radical (unpaired) electrons. The van der Waals surface area contributed by atoms with Crippen molar-refractivity contribution >= 4 is 29.2 Å². The largest absolute Gasteiger partial charge is 0.490 e. The number of nitrogen functional groups attached to an aromatic ring is 2. The van der Waals surface area contributed by atoms with Crippen molar-refractivity contribution in [3.63, 3.8) is 0 Å². The number of amides is 1. The molecule has 9 nitrogen and oxygen atoms in total. The molecule has 0 bridgehead atoms. The smallest absolute Gasteiger partial charge is 0.475 e. The molecule has 0 unspecified atom stereocenters. The van der Waals surface area contributed by atoms with Gasteiger partial charge in [-0.05, 0) is 41.3 Å². The third-order valence-corrected chi connectivity index (χ3v) is 5.42. The fourth-order valence-electron chi connectivity index (χ4n) is 3.48. The van der Waals surface area contributed by atoms with Crippen molar-refractivity contribution in [2.75, 3.05) is 18.8 Å². The third kappa shape index (κ3) is 7.13. The van der Waals surface area contributed by atoms with E-state index < -0.39 is 12.1 Å². The number of halogens is 3. The van der Waals surface area contributed by atoms with Crippen LogP contribution in [0.15, 0.2) is 67.0 Å². The number of carbonyl (C=O) groups is 2. The molecule has 192 valence electrons. The lowest BCUT2D eigenvalue weighted by atomic mass is 9.97. The summed E-state index contributed by atoms with van der Waals surface area (Å²) in [6.45, 7) is 1.19. The van der Waals surface area contributed by atoms with Crippen LogP contribution in [-0.2, 0) is 4.79 Å². The van der Waals surface area contributed by atoms with E-state index in [1.165, 1.54) is 5.57 Å². The van der Waals surface area contributed by atoms with E-state index in [0.29, 0.717) is 24.2 Å². The monoisotopic (exact) mass is 512 g/mol. The van der Waals surface area contributed by atoms with Gasteiger partial charge in [0, 0.05) is 42.2 Å². The number of hydrogen-bond acceptors (Lipinski definition) is 6. The van der Waals surface area contributed by atoms with Gasteiger partial charge in [0.05, 0.1) is 0 Å². The Bertz CT molecular complexity index is 1320. The molecule has 4 rings (SSSR count). The van der Waals surface area contributed by atoms with Crippen LogP contribution in [0.5, 0.6) is 0 Å². The number of alkyl halides is 3. The van der Waals surface area contributed by atoms with Crippen molar-refractivity contribution in [3.8, 4) is 11.1 Å². The molecule has 0 atom stereocenters. The molecule has 0 aliphatic carbocycles. The van der Waals surface area contributed by atoms with Crippen molar-refractivity contribution in [2.45, 2.75) is 12.6 Å². The molecule has 1 aliphatic rings. The second-order valence-electron chi connectivity index (χ2n) is 7.94. The summed E-state index contributed by atoms with van der Waals surface area (Å²) >= 11 is 0. The molecular weight excluding hydrogens is 489 g/mol. The molecule has 3 aromatic rings. The van der Waals surface area contributed by atoms with E-state index in [0.717, 1.165) is 23.1 Å². The first kappa shape index (κ1) is 26.9. The van der Waals surface area contributed by atoms with E-state index in [4.69, 9.17) is 26.8 Å². The fourth-order valence-corrected chi connectivity index (χ4v) is 3.48.